The molecule has 1 amide bonds. The van der Waals surface area contributed by atoms with E-state index in [1.807, 2.05) is 4.90 Å². The fraction of sp³-hybridized carbons (Fsp3) is 0.917. The van der Waals surface area contributed by atoms with Gasteiger partial charge < -0.3 is 15.0 Å². The lowest BCUT2D eigenvalue weighted by Crippen LogP contribution is -2.51. The quantitative estimate of drug-likeness (QED) is 0.767. The molecule has 2 aliphatic heterocycles. The van der Waals surface area contributed by atoms with E-state index in [0.717, 1.165) is 45.7 Å². The maximum absolute atomic E-state index is 12.0. The molecule has 4 nitrogen and oxygen atoms in total. The molecule has 0 bridgehead atoms. The summed E-state index contributed by atoms with van der Waals surface area (Å²) in [6, 6.07) is 0.438. The van der Waals surface area contributed by atoms with E-state index in [-0.39, 0.29) is 0 Å². The first kappa shape index (κ1) is 11.9. The van der Waals surface area contributed by atoms with Crippen molar-refractivity contribution >= 4 is 5.91 Å². The molecule has 2 aliphatic rings. The highest BCUT2D eigenvalue weighted by Gasteiger charge is 2.22. The van der Waals surface area contributed by atoms with Crippen molar-refractivity contribution in [3.8, 4) is 0 Å². The van der Waals surface area contributed by atoms with Gasteiger partial charge in [0.15, 0.2) is 0 Å². The van der Waals surface area contributed by atoms with Gasteiger partial charge >= 0.3 is 0 Å². The lowest BCUT2D eigenvalue weighted by molar-refractivity contribution is -0.132. The van der Waals surface area contributed by atoms with Crippen LogP contribution in [0.2, 0.25) is 0 Å². The summed E-state index contributed by atoms with van der Waals surface area (Å²) < 4.78 is 5.32. The van der Waals surface area contributed by atoms with Crippen LogP contribution in [0.3, 0.4) is 0 Å². The van der Waals surface area contributed by atoms with Crippen molar-refractivity contribution < 1.29 is 9.53 Å². The molecule has 0 aromatic heterocycles. The largest absolute Gasteiger partial charge is 0.381 e. The second-order valence-electron chi connectivity index (χ2n) is 4.96. The van der Waals surface area contributed by atoms with Crippen LogP contribution in [0, 0.1) is 5.92 Å². The molecule has 4 heteroatoms. The zero-order valence-corrected chi connectivity index (χ0v) is 10.1. The number of carbonyl (C=O) groups excluding carboxylic acids is 1. The van der Waals surface area contributed by atoms with Crippen LogP contribution in [0.25, 0.3) is 0 Å². The van der Waals surface area contributed by atoms with Gasteiger partial charge in [-0.25, -0.2) is 0 Å². The van der Waals surface area contributed by atoms with Crippen LogP contribution in [0.15, 0.2) is 0 Å². The molecule has 0 radical (unpaired) electrons. The van der Waals surface area contributed by atoms with Crippen LogP contribution in [0.5, 0.6) is 0 Å². The Balaban J connectivity index is 1.70. The summed E-state index contributed by atoms with van der Waals surface area (Å²) in [7, 11) is 0. The molecule has 2 atom stereocenters. The summed E-state index contributed by atoms with van der Waals surface area (Å²) in [5.41, 5.74) is 0. The highest BCUT2D eigenvalue weighted by atomic mass is 16.5. The summed E-state index contributed by atoms with van der Waals surface area (Å²) in [6.45, 7) is 6.52. The van der Waals surface area contributed by atoms with Gasteiger partial charge in [-0.2, -0.15) is 0 Å². The van der Waals surface area contributed by atoms with Gasteiger partial charge in [-0.1, -0.05) is 0 Å². The Morgan fingerprint density at radius 3 is 3.12 bits per heavy atom. The number of nitrogens with one attached hydrogen (secondary N) is 1. The van der Waals surface area contributed by atoms with E-state index in [2.05, 4.69) is 12.2 Å². The lowest BCUT2D eigenvalue weighted by Gasteiger charge is -2.32. The average Bonchev–Trinajstić information content (AvgIpc) is 2.78. The Labute approximate surface area is 97.3 Å². The van der Waals surface area contributed by atoms with Crippen molar-refractivity contribution in [2.45, 2.75) is 32.2 Å². The Hall–Kier alpha value is -0.610. The fourth-order valence-electron chi connectivity index (χ4n) is 2.46. The molecule has 1 N–H and O–H groups in total. The van der Waals surface area contributed by atoms with E-state index in [9.17, 15) is 4.79 Å². The molecule has 0 aromatic carbocycles. The Bertz CT molecular complexity index is 239. The summed E-state index contributed by atoms with van der Waals surface area (Å²) >= 11 is 0. The summed E-state index contributed by atoms with van der Waals surface area (Å²) in [6.07, 6.45) is 2.82. The maximum Gasteiger partial charge on any atom is 0.222 e. The number of ether oxygens (including phenoxy) is 1. The molecule has 2 fully saturated rings. The minimum atomic E-state index is 0.320. The minimum Gasteiger partial charge on any atom is -0.381 e. The number of carbonyl (C=O) groups is 1. The van der Waals surface area contributed by atoms with E-state index in [0.29, 0.717) is 24.3 Å². The molecular formula is C12H22N2O2. The summed E-state index contributed by atoms with van der Waals surface area (Å²) in [5.74, 6) is 0.935. The van der Waals surface area contributed by atoms with Gasteiger partial charge in [0.05, 0.1) is 0 Å². The number of hydrogen-bond donors (Lipinski definition) is 1. The third-order valence-corrected chi connectivity index (χ3v) is 3.51. The lowest BCUT2D eigenvalue weighted by atomic mass is 10.0. The van der Waals surface area contributed by atoms with Crippen LogP contribution in [0.4, 0.5) is 0 Å². The predicted octanol–water partition coefficient (Wildman–Crippen LogP) is 0.623. The second kappa shape index (κ2) is 5.64. The van der Waals surface area contributed by atoms with Crippen LogP contribution < -0.4 is 5.32 Å². The van der Waals surface area contributed by atoms with E-state index >= 15 is 0 Å². The summed E-state index contributed by atoms with van der Waals surface area (Å²) in [4.78, 5) is 14.0. The molecule has 0 aliphatic carbocycles. The highest BCUT2D eigenvalue weighted by Crippen LogP contribution is 2.18. The molecular weight excluding hydrogens is 204 g/mol. The third kappa shape index (κ3) is 3.19. The van der Waals surface area contributed by atoms with Gasteiger partial charge in [0.25, 0.3) is 0 Å². The topological polar surface area (TPSA) is 41.6 Å². The number of nitrogens with zero attached hydrogens (tertiary/aromatic N) is 1. The first-order valence-electron chi connectivity index (χ1n) is 6.34. The molecule has 16 heavy (non-hydrogen) atoms. The zero-order valence-electron chi connectivity index (χ0n) is 10.1. The molecule has 2 unspecified atom stereocenters. The van der Waals surface area contributed by atoms with E-state index < -0.39 is 0 Å². The Morgan fingerprint density at radius 2 is 2.44 bits per heavy atom. The van der Waals surface area contributed by atoms with Gasteiger partial charge in [0.1, 0.15) is 0 Å². The van der Waals surface area contributed by atoms with Crippen molar-refractivity contribution in [3.05, 3.63) is 0 Å². The SMILES string of the molecule is CC1CN(C(=O)CCC2CCOC2)CCN1. The zero-order chi connectivity index (χ0) is 11.4. The fourth-order valence-corrected chi connectivity index (χ4v) is 2.46. The third-order valence-electron chi connectivity index (χ3n) is 3.51. The standard InChI is InChI=1S/C12H22N2O2/c1-10-8-14(6-5-13-10)12(15)3-2-11-4-7-16-9-11/h10-11,13H,2-9H2,1H3. The van der Waals surface area contributed by atoms with Crippen LogP contribution in [-0.2, 0) is 9.53 Å². The van der Waals surface area contributed by atoms with Gasteiger partial charge in [-0.3, -0.25) is 4.79 Å². The van der Waals surface area contributed by atoms with Crippen LogP contribution in [0.1, 0.15) is 26.2 Å². The van der Waals surface area contributed by atoms with Crippen molar-refractivity contribution in [3.63, 3.8) is 0 Å². The maximum atomic E-state index is 12.0. The molecule has 0 aromatic rings. The Kier molecular flexibility index (Phi) is 4.18. The number of rotatable bonds is 3. The first-order chi connectivity index (χ1) is 7.75. The van der Waals surface area contributed by atoms with Crippen LogP contribution in [-0.4, -0.2) is 49.7 Å². The van der Waals surface area contributed by atoms with Crippen molar-refractivity contribution in [2.75, 3.05) is 32.8 Å². The first-order valence-corrected chi connectivity index (χ1v) is 6.34. The van der Waals surface area contributed by atoms with E-state index in [4.69, 9.17) is 4.74 Å². The van der Waals surface area contributed by atoms with Gasteiger partial charge in [0, 0.05) is 45.3 Å². The molecule has 0 saturated carbocycles. The molecule has 2 heterocycles. The molecule has 92 valence electrons. The second-order valence-corrected chi connectivity index (χ2v) is 4.96. The van der Waals surface area contributed by atoms with E-state index in [1.165, 1.54) is 0 Å². The average molecular weight is 226 g/mol. The van der Waals surface area contributed by atoms with Crippen molar-refractivity contribution in [1.82, 2.24) is 10.2 Å². The van der Waals surface area contributed by atoms with Crippen molar-refractivity contribution in [1.29, 1.82) is 0 Å². The highest BCUT2D eigenvalue weighted by molar-refractivity contribution is 5.76. The molecule has 0 spiro atoms. The minimum absolute atomic E-state index is 0.320. The van der Waals surface area contributed by atoms with Gasteiger partial charge in [-0.05, 0) is 25.7 Å². The molecule has 2 saturated heterocycles. The summed E-state index contributed by atoms with van der Waals surface area (Å²) in [5, 5.41) is 3.35. The van der Waals surface area contributed by atoms with Crippen molar-refractivity contribution in [2.24, 2.45) is 5.92 Å². The smallest absolute Gasteiger partial charge is 0.222 e. The Morgan fingerprint density at radius 1 is 1.56 bits per heavy atom. The number of hydrogen-bond acceptors (Lipinski definition) is 3. The van der Waals surface area contributed by atoms with Gasteiger partial charge in [-0.15, -0.1) is 0 Å². The monoisotopic (exact) mass is 226 g/mol. The van der Waals surface area contributed by atoms with Crippen LogP contribution >= 0.6 is 0 Å². The predicted molar refractivity (Wildman–Crippen MR) is 62.2 cm³/mol. The number of amides is 1. The number of piperazine rings is 1. The van der Waals surface area contributed by atoms with E-state index in [1.54, 1.807) is 0 Å². The normalized spacial score (nSPS) is 30.7. The molecule has 2 rings (SSSR count). The van der Waals surface area contributed by atoms with Gasteiger partial charge in [0.2, 0.25) is 5.91 Å².